The number of nitrogens with one attached hydrogen (secondary N) is 1. The van der Waals surface area contributed by atoms with E-state index in [1.807, 2.05) is 25.3 Å². The number of morpholine rings is 1. The number of amides is 1. The van der Waals surface area contributed by atoms with Crippen LogP contribution in [0, 0.1) is 6.92 Å². The maximum atomic E-state index is 12.4. The molecule has 1 aliphatic heterocycles. The lowest BCUT2D eigenvalue weighted by atomic mass is 10.2. The van der Waals surface area contributed by atoms with Crippen molar-refractivity contribution in [1.82, 2.24) is 15.3 Å². The SMILES string of the molecule is Cc1nc(C(C)C)sc1C(=O)NCc1ccc(N2CCOCC2)nc1. The molecule has 0 radical (unpaired) electrons. The molecule has 1 N–H and O–H groups in total. The van der Waals surface area contributed by atoms with E-state index in [0.29, 0.717) is 17.3 Å². The van der Waals surface area contributed by atoms with Crippen molar-refractivity contribution in [3.8, 4) is 0 Å². The van der Waals surface area contributed by atoms with Crippen LogP contribution in [-0.4, -0.2) is 42.2 Å². The number of aryl methyl sites for hydroxylation is 1. The molecule has 0 atom stereocenters. The topological polar surface area (TPSA) is 67.4 Å². The summed E-state index contributed by atoms with van der Waals surface area (Å²) in [6.45, 7) is 9.73. The van der Waals surface area contributed by atoms with E-state index in [0.717, 1.165) is 48.4 Å². The number of nitrogens with zero attached hydrogens (tertiary/aromatic N) is 3. The zero-order valence-corrected chi connectivity index (χ0v) is 15.7. The number of thiazole rings is 1. The van der Waals surface area contributed by atoms with Crippen molar-refractivity contribution in [1.29, 1.82) is 0 Å². The number of carbonyl (C=O) groups is 1. The third kappa shape index (κ3) is 4.35. The van der Waals surface area contributed by atoms with Crippen molar-refractivity contribution in [2.75, 3.05) is 31.2 Å². The van der Waals surface area contributed by atoms with E-state index in [9.17, 15) is 4.79 Å². The summed E-state index contributed by atoms with van der Waals surface area (Å²) in [5.41, 5.74) is 1.78. The van der Waals surface area contributed by atoms with E-state index in [-0.39, 0.29) is 5.91 Å². The Bertz CT molecular complexity index is 721. The monoisotopic (exact) mass is 360 g/mol. The van der Waals surface area contributed by atoms with Gasteiger partial charge in [-0.15, -0.1) is 11.3 Å². The van der Waals surface area contributed by atoms with Crippen LogP contribution >= 0.6 is 11.3 Å². The van der Waals surface area contributed by atoms with Gasteiger partial charge in [-0.3, -0.25) is 4.79 Å². The molecule has 6 nitrogen and oxygen atoms in total. The van der Waals surface area contributed by atoms with E-state index >= 15 is 0 Å². The van der Waals surface area contributed by atoms with Gasteiger partial charge in [0.1, 0.15) is 10.7 Å². The maximum Gasteiger partial charge on any atom is 0.263 e. The Morgan fingerprint density at radius 3 is 2.72 bits per heavy atom. The van der Waals surface area contributed by atoms with Gasteiger partial charge in [0.25, 0.3) is 5.91 Å². The summed E-state index contributed by atoms with van der Waals surface area (Å²) < 4.78 is 5.36. The number of carbonyl (C=O) groups excluding carboxylic acids is 1. The molecule has 7 heteroatoms. The van der Waals surface area contributed by atoms with E-state index < -0.39 is 0 Å². The predicted octanol–water partition coefficient (Wildman–Crippen LogP) is 2.74. The molecule has 0 unspecified atom stereocenters. The molecule has 1 amide bonds. The minimum atomic E-state index is -0.0702. The van der Waals surface area contributed by atoms with Crippen molar-refractivity contribution >= 4 is 23.1 Å². The molecule has 0 bridgehead atoms. The molecule has 0 aromatic carbocycles. The smallest absolute Gasteiger partial charge is 0.263 e. The molecule has 25 heavy (non-hydrogen) atoms. The molecule has 2 aromatic heterocycles. The van der Waals surface area contributed by atoms with Gasteiger partial charge in [-0.05, 0) is 18.6 Å². The molecule has 3 rings (SSSR count). The summed E-state index contributed by atoms with van der Waals surface area (Å²) in [5, 5.41) is 3.96. The molecule has 0 aliphatic carbocycles. The zero-order chi connectivity index (χ0) is 17.8. The third-order valence-electron chi connectivity index (χ3n) is 4.11. The number of pyridine rings is 1. The van der Waals surface area contributed by atoms with Crippen LogP contribution in [0.3, 0.4) is 0 Å². The van der Waals surface area contributed by atoms with Crippen molar-refractivity contribution in [3.05, 3.63) is 39.5 Å². The van der Waals surface area contributed by atoms with E-state index in [4.69, 9.17) is 4.74 Å². The Labute approximate surface area is 152 Å². The molecule has 1 saturated heterocycles. The van der Waals surface area contributed by atoms with E-state index in [1.54, 1.807) is 0 Å². The number of ether oxygens (including phenoxy) is 1. The Morgan fingerprint density at radius 2 is 2.12 bits per heavy atom. The van der Waals surface area contributed by atoms with Gasteiger partial charge in [0.15, 0.2) is 0 Å². The van der Waals surface area contributed by atoms with E-state index in [2.05, 4.69) is 34.0 Å². The highest BCUT2D eigenvalue weighted by Gasteiger charge is 2.17. The van der Waals surface area contributed by atoms with Crippen molar-refractivity contribution < 1.29 is 9.53 Å². The van der Waals surface area contributed by atoms with Crippen LogP contribution in [-0.2, 0) is 11.3 Å². The fraction of sp³-hybridized carbons (Fsp3) is 0.500. The van der Waals surface area contributed by atoms with Gasteiger partial charge in [0.2, 0.25) is 0 Å². The minimum Gasteiger partial charge on any atom is -0.378 e. The molecule has 0 saturated carbocycles. The van der Waals surface area contributed by atoms with Gasteiger partial charge < -0.3 is 15.0 Å². The van der Waals surface area contributed by atoms with Gasteiger partial charge in [0.05, 0.1) is 23.9 Å². The standard InChI is InChI=1S/C18H24N4O2S/c1-12(2)18-21-13(3)16(25-18)17(23)20-11-14-4-5-15(19-10-14)22-6-8-24-9-7-22/h4-5,10,12H,6-9,11H2,1-3H3,(H,20,23). The fourth-order valence-electron chi connectivity index (χ4n) is 2.64. The molecular formula is C18H24N4O2S. The number of hydrogen-bond donors (Lipinski definition) is 1. The van der Waals surface area contributed by atoms with Gasteiger partial charge in [0, 0.05) is 31.7 Å². The van der Waals surface area contributed by atoms with Gasteiger partial charge >= 0.3 is 0 Å². The second-order valence-corrected chi connectivity index (χ2v) is 7.46. The van der Waals surface area contributed by atoms with Crippen LogP contribution in [0.4, 0.5) is 5.82 Å². The first-order chi connectivity index (χ1) is 12.0. The summed E-state index contributed by atoms with van der Waals surface area (Å²) in [6.07, 6.45) is 1.82. The van der Waals surface area contributed by atoms with Crippen LogP contribution in [0.1, 0.15) is 45.7 Å². The number of hydrogen-bond acceptors (Lipinski definition) is 6. The molecule has 1 fully saturated rings. The highest BCUT2D eigenvalue weighted by Crippen LogP contribution is 2.24. The lowest BCUT2D eigenvalue weighted by Gasteiger charge is -2.27. The second-order valence-electron chi connectivity index (χ2n) is 6.43. The molecule has 134 valence electrons. The molecule has 2 aromatic rings. The van der Waals surface area contributed by atoms with Crippen LogP contribution in [0.2, 0.25) is 0 Å². The first kappa shape index (κ1) is 17.8. The summed E-state index contributed by atoms with van der Waals surface area (Å²) >= 11 is 1.47. The second kappa shape index (κ2) is 7.93. The van der Waals surface area contributed by atoms with Crippen LogP contribution in [0.5, 0.6) is 0 Å². The molecule has 3 heterocycles. The first-order valence-corrected chi connectivity index (χ1v) is 9.39. The number of anilines is 1. The Hall–Kier alpha value is -1.99. The third-order valence-corrected chi connectivity index (χ3v) is 5.57. The van der Waals surface area contributed by atoms with Crippen LogP contribution < -0.4 is 10.2 Å². The quantitative estimate of drug-likeness (QED) is 0.888. The Balaban J connectivity index is 1.58. The lowest BCUT2D eigenvalue weighted by Crippen LogP contribution is -2.36. The number of aromatic nitrogens is 2. The van der Waals surface area contributed by atoms with Gasteiger partial charge in [-0.2, -0.15) is 0 Å². The minimum absolute atomic E-state index is 0.0702. The average molecular weight is 360 g/mol. The van der Waals surface area contributed by atoms with Crippen LogP contribution in [0.25, 0.3) is 0 Å². The Morgan fingerprint density at radius 1 is 1.36 bits per heavy atom. The Kier molecular flexibility index (Phi) is 5.65. The summed E-state index contributed by atoms with van der Waals surface area (Å²) in [7, 11) is 0. The van der Waals surface area contributed by atoms with E-state index in [1.165, 1.54) is 11.3 Å². The molecular weight excluding hydrogens is 336 g/mol. The van der Waals surface area contributed by atoms with Crippen molar-refractivity contribution in [3.63, 3.8) is 0 Å². The fourth-order valence-corrected chi connectivity index (χ4v) is 3.62. The van der Waals surface area contributed by atoms with Gasteiger partial charge in [-0.25, -0.2) is 9.97 Å². The highest BCUT2D eigenvalue weighted by molar-refractivity contribution is 7.13. The highest BCUT2D eigenvalue weighted by atomic mass is 32.1. The van der Waals surface area contributed by atoms with Crippen molar-refractivity contribution in [2.24, 2.45) is 0 Å². The van der Waals surface area contributed by atoms with Crippen LogP contribution in [0.15, 0.2) is 18.3 Å². The largest absolute Gasteiger partial charge is 0.378 e. The maximum absolute atomic E-state index is 12.4. The normalized spacial score (nSPS) is 14.8. The van der Waals surface area contributed by atoms with Gasteiger partial charge in [-0.1, -0.05) is 19.9 Å². The number of rotatable bonds is 5. The van der Waals surface area contributed by atoms with Crippen molar-refractivity contribution in [2.45, 2.75) is 33.2 Å². The predicted molar refractivity (Wildman–Crippen MR) is 99.4 cm³/mol. The average Bonchev–Trinajstić information content (AvgIpc) is 3.03. The zero-order valence-electron chi connectivity index (χ0n) is 14.9. The lowest BCUT2D eigenvalue weighted by molar-refractivity contribution is 0.0954. The molecule has 1 aliphatic rings. The molecule has 0 spiro atoms. The summed E-state index contributed by atoms with van der Waals surface area (Å²) in [5.74, 6) is 1.22. The summed E-state index contributed by atoms with van der Waals surface area (Å²) in [4.78, 5) is 24.3. The first-order valence-electron chi connectivity index (χ1n) is 8.57. The summed E-state index contributed by atoms with van der Waals surface area (Å²) in [6, 6.07) is 4.01.